The molecule has 0 aliphatic carbocycles. The van der Waals surface area contributed by atoms with E-state index in [0.29, 0.717) is 25.3 Å². The Morgan fingerprint density at radius 3 is 2.54 bits per heavy atom. The number of carbonyl (C=O) groups excluding carboxylic acids is 1. The van der Waals surface area contributed by atoms with Crippen LogP contribution < -0.4 is 11.1 Å². The molecule has 0 radical (unpaired) electrons. The van der Waals surface area contributed by atoms with Crippen molar-refractivity contribution in [1.29, 1.82) is 0 Å². The van der Waals surface area contributed by atoms with Crippen LogP contribution in [0.1, 0.15) is 24.0 Å². The maximum atomic E-state index is 12.4. The van der Waals surface area contributed by atoms with Gasteiger partial charge in [-0.3, -0.25) is 9.79 Å². The molecule has 0 atom stereocenters. The molecule has 6 heteroatoms. The minimum absolute atomic E-state index is 0. The molecule has 2 aromatic carbocycles. The van der Waals surface area contributed by atoms with Gasteiger partial charge in [0.2, 0.25) is 5.91 Å². The van der Waals surface area contributed by atoms with Crippen molar-refractivity contribution >= 4 is 41.5 Å². The third-order valence-electron chi connectivity index (χ3n) is 4.36. The minimum Gasteiger partial charge on any atom is -0.370 e. The van der Waals surface area contributed by atoms with Crippen LogP contribution in [0, 0.1) is 0 Å². The number of carbonyl (C=O) groups is 1. The van der Waals surface area contributed by atoms with Crippen molar-refractivity contribution in [2.75, 3.05) is 18.4 Å². The second-order valence-corrected chi connectivity index (χ2v) is 6.20. The summed E-state index contributed by atoms with van der Waals surface area (Å²) >= 11 is 0. The summed E-state index contributed by atoms with van der Waals surface area (Å²) < 4.78 is 0. The summed E-state index contributed by atoms with van der Waals surface area (Å²) in [5, 5.41) is 3.04. The number of fused-ring (bicyclic) bond motifs is 1. The number of nitrogens with one attached hydrogen (secondary N) is 1. The molecule has 0 aromatic heterocycles. The maximum Gasteiger partial charge on any atom is 0.222 e. The molecule has 0 fully saturated rings. The normalized spacial score (nSPS) is 13.5. The maximum absolute atomic E-state index is 12.4. The molecule has 1 aliphatic rings. The number of rotatable bonds is 5. The molecule has 1 amide bonds. The van der Waals surface area contributed by atoms with Gasteiger partial charge in [0, 0.05) is 31.7 Å². The number of anilines is 1. The monoisotopic (exact) mass is 464 g/mol. The van der Waals surface area contributed by atoms with Gasteiger partial charge < -0.3 is 16.0 Å². The Morgan fingerprint density at radius 1 is 1.08 bits per heavy atom. The fourth-order valence-corrected chi connectivity index (χ4v) is 3.01. The lowest BCUT2D eigenvalue weighted by Gasteiger charge is -2.28. The van der Waals surface area contributed by atoms with Gasteiger partial charge in [0.05, 0.1) is 0 Å². The van der Waals surface area contributed by atoms with E-state index in [9.17, 15) is 4.79 Å². The average molecular weight is 464 g/mol. The van der Waals surface area contributed by atoms with Crippen LogP contribution in [-0.2, 0) is 17.8 Å². The lowest BCUT2D eigenvalue weighted by molar-refractivity contribution is -0.132. The van der Waals surface area contributed by atoms with E-state index in [1.165, 1.54) is 11.1 Å². The molecular formula is C20H25IN4O. The molecule has 1 aliphatic heterocycles. The zero-order chi connectivity index (χ0) is 17.5. The lowest BCUT2D eigenvalue weighted by Crippen LogP contribution is -2.35. The van der Waals surface area contributed by atoms with E-state index in [1.54, 1.807) is 0 Å². The number of benzene rings is 2. The first-order valence-electron chi connectivity index (χ1n) is 8.69. The number of aliphatic imine (C=N–C) groups is 1. The zero-order valence-electron chi connectivity index (χ0n) is 14.7. The van der Waals surface area contributed by atoms with Gasteiger partial charge >= 0.3 is 0 Å². The topological polar surface area (TPSA) is 70.7 Å². The van der Waals surface area contributed by atoms with E-state index in [4.69, 9.17) is 5.73 Å². The van der Waals surface area contributed by atoms with Crippen molar-refractivity contribution in [1.82, 2.24) is 4.90 Å². The quantitative estimate of drug-likeness (QED) is 0.309. The molecule has 138 valence electrons. The molecule has 0 saturated carbocycles. The second kappa shape index (κ2) is 10.2. The fourth-order valence-electron chi connectivity index (χ4n) is 3.01. The number of guanidine groups is 1. The van der Waals surface area contributed by atoms with Gasteiger partial charge in [-0.1, -0.05) is 42.5 Å². The molecule has 26 heavy (non-hydrogen) atoms. The summed E-state index contributed by atoms with van der Waals surface area (Å²) in [6, 6.07) is 18.0. The van der Waals surface area contributed by atoms with Crippen molar-refractivity contribution in [3.63, 3.8) is 0 Å². The third-order valence-corrected chi connectivity index (χ3v) is 4.36. The van der Waals surface area contributed by atoms with E-state index in [1.807, 2.05) is 41.3 Å². The number of nitrogens with zero attached hydrogens (tertiary/aromatic N) is 2. The first-order valence-corrected chi connectivity index (χ1v) is 8.69. The van der Waals surface area contributed by atoms with Gasteiger partial charge in [0.25, 0.3) is 0 Å². The highest BCUT2D eigenvalue weighted by molar-refractivity contribution is 14.0. The van der Waals surface area contributed by atoms with Gasteiger partial charge in [0.15, 0.2) is 5.96 Å². The van der Waals surface area contributed by atoms with Gasteiger partial charge in [-0.25, -0.2) is 0 Å². The Morgan fingerprint density at radius 2 is 1.77 bits per heavy atom. The standard InChI is InChI=1S/C20H24N4O.HI/c21-20(23-18-9-2-1-3-10-18)22-13-6-11-19(25)24-14-12-16-7-4-5-8-17(16)15-24;/h1-5,7-10H,6,11-15H2,(H3,21,22,23);1H. The molecule has 0 bridgehead atoms. The largest absolute Gasteiger partial charge is 0.370 e. The average Bonchev–Trinajstić information content (AvgIpc) is 2.65. The molecule has 1 heterocycles. The van der Waals surface area contributed by atoms with E-state index in [2.05, 4.69) is 28.5 Å². The molecule has 3 rings (SSSR count). The van der Waals surface area contributed by atoms with E-state index >= 15 is 0 Å². The van der Waals surface area contributed by atoms with Crippen molar-refractivity contribution in [2.24, 2.45) is 10.7 Å². The van der Waals surface area contributed by atoms with Crippen molar-refractivity contribution in [3.05, 3.63) is 65.7 Å². The predicted molar refractivity (Wildman–Crippen MR) is 117 cm³/mol. The van der Waals surface area contributed by atoms with Crippen LogP contribution in [0.3, 0.4) is 0 Å². The summed E-state index contributed by atoms with van der Waals surface area (Å²) in [6.45, 7) is 2.06. The van der Waals surface area contributed by atoms with Gasteiger partial charge in [-0.05, 0) is 36.1 Å². The van der Waals surface area contributed by atoms with E-state index < -0.39 is 0 Å². The molecule has 2 aromatic rings. The highest BCUT2D eigenvalue weighted by atomic mass is 127. The first kappa shape index (κ1) is 20.2. The number of para-hydroxylation sites is 1. The SMILES string of the molecule is I.NC(=NCCCC(=O)N1CCc2ccccc2C1)Nc1ccccc1. The Kier molecular flexibility index (Phi) is 7.90. The number of halogens is 1. The second-order valence-electron chi connectivity index (χ2n) is 6.20. The summed E-state index contributed by atoms with van der Waals surface area (Å²) in [5.41, 5.74) is 9.39. The third kappa shape index (κ3) is 5.72. The minimum atomic E-state index is 0. The van der Waals surface area contributed by atoms with Crippen LogP contribution in [0.15, 0.2) is 59.6 Å². The summed E-state index contributed by atoms with van der Waals surface area (Å²) in [6.07, 6.45) is 2.15. The number of amides is 1. The summed E-state index contributed by atoms with van der Waals surface area (Å²) in [5.74, 6) is 0.574. The Balaban J connectivity index is 0.00000243. The molecule has 0 spiro atoms. The molecule has 3 N–H and O–H groups in total. The van der Waals surface area contributed by atoms with E-state index in [-0.39, 0.29) is 29.9 Å². The zero-order valence-corrected chi connectivity index (χ0v) is 17.1. The van der Waals surface area contributed by atoms with Gasteiger partial charge in [0.1, 0.15) is 0 Å². The lowest BCUT2D eigenvalue weighted by atomic mass is 9.99. The van der Waals surface area contributed by atoms with Crippen LogP contribution in [0.25, 0.3) is 0 Å². The molecule has 0 unspecified atom stereocenters. The fraction of sp³-hybridized carbons (Fsp3) is 0.300. The highest BCUT2D eigenvalue weighted by Crippen LogP contribution is 2.19. The Labute approximate surface area is 171 Å². The molecule has 0 saturated heterocycles. The summed E-state index contributed by atoms with van der Waals surface area (Å²) in [7, 11) is 0. The summed E-state index contributed by atoms with van der Waals surface area (Å²) in [4.78, 5) is 18.6. The van der Waals surface area contributed by atoms with Crippen molar-refractivity contribution < 1.29 is 4.79 Å². The smallest absolute Gasteiger partial charge is 0.222 e. The van der Waals surface area contributed by atoms with Crippen LogP contribution in [0.2, 0.25) is 0 Å². The Hall–Kier alpha value is -2.09. The van der Waals surface area contributed by atoms with Gasteiger partial charge in [-0.2, -0.15) is 0 Å². The highest BCUT2D eigenvalue weighted by Gasteiger charge is 2.19. The van der Waals surface area contributed by atoms with Crippen LogP contribution in [-0.4, -0.2) is 29.9 Å². The Bertz CT molecular complexity index is 748. The predicted octanol–water partition coefficient (Wildman–Crippen LogP) is 3.40. The van der Waals surface area contributed by atoms with Gasteiger partial charge in [-0.15, -0.1) is 24.0 Å². The molecule has 5 nitrogen and oxygen atoms in total. The first-order chi connectivity index (χ1) is 12.2. The van der Waals surface area contributed by atoms with Crippen LogP contribution in [0.4, 0.5) is 5.69 Å². The van der Waals surface area contributed by atoms with Crippen LogP contribution >= 0.6 is 24.0 Å². The number of hydrogen-bond acceptors (Lipinski definition) is 2. The number of nitrogens with two attached hydrogens (primary N) is 1. The van der Waals surface area contributed by atoms with E-state index in [0.717, 1.165) is 25.2 Å². The van der Waals surface area contributed by atoms with Crippen molar-refractivity contribution in [3.8, 4) is 0 Å². The van der Waals surface area contributed by atoms with Crippen LogP contribution in [0.5, 0.6) is 0 Å². The molecular weight excluding hydrogens is 439 g/mol. The number of hydrogen-bond donors (Lipinski definition) is 2. The van der Waals surface area contributed by atoms with Crippen molar-refractivity contribution in [2.45, 2.75) is 25.8 Å².